The number of hydrogen-bond acceptors (Lipinski definition) is 3. The number of ketones is 2. The Bertz CT molecular complexity index is 460. The average molecular weight is 218 g/mol. The van der Waals surface area contributed by atoms with Crippen LogP contribution in [0.4, 0.5) is 0 Å². The van der Waals surface area contributed by atoms with Crippen molar-refractivity contribution in [3.8, 4) is 0 Å². The Balaban J connectivity index is 2.49. The monoisotopic (exact) mass is 218 g/mol. The van der Waals surface area contributed by atoms with E-state index in [0.717, 1.165) is 0 Å². The van der Waals surface area contributed by atoms with Crippen molar-refractivity contribution in [1.82, 2.24) is 0 Å². The molecule has 0 saturated heterocycles. The second kappa shape index (κ2) is 4.03. The van der Waals surface area contributed by atoms with Crippen molar-refractivity contribution in [2.75, 3.05) is 12.0 Å². The average Bonchev–Trinajstić information content (AvgIpc) is 2.26. The molecule has 0 aromatic heterocycles. The van der Waals surface area contributed by atoms with Gasteiger partial charge < -0.3 is 0 Å². The van der Waals surface area contributed by atoms with E-state index in [2.05, 4.69) is 0 Å². The van der Waals surface area contributed by atoms with E-state index in [-0.39, 0.29) is 11.6 Å². The molecule has 0 saturated carbocycles. The maximum Gasteiger partial charge on any atom is 0.190 e. The first kappa shape index (κ1) is 10.2. The largest absolute Gasteiger partial charge is 0.289 e. The minimum atomic E-state index is -0.0609. The lowest BCUT2D eigenvalue weighted by molar-refractivity contribution is 0.0985. The van der Waals surface area contributed by atoms with Crippen molar-refractivity contribution in [2.45, 2.75) is 0 Å². The zero-order valence-electron chi connectivity index (χ0n) is 8.32. The van der Waals surface area contributed by atoms with Crippen LogP contribution < -0.4 is 0 Å². The summed E-state index contributed by atoms with van der Waals surface area (Å²) in [6.07, 6.45) is 3.38. The van der Waals surface area contributed by atoms with E-state index in [0.29, 0.717) is 22.5 Å². The molecule has 1 aliphatic rings. The van der Waals surface area contributed by atoms with Gasteiger partial charge in [-0.05, 0) is 12.3 Å². The van der Waals surface area contributed by atoms with Gasteiger partial charge in [-0.15, -0.1) is 0 Å². The van der Waals surface area contributed by atoms with Crippen molar-refractivity contribution in [1.29, 1.82) is 0 Å². The number of allylic oxidation sites excluding steroid dienone is 1. The van der Waals surface area contributed by atoms with Crippen LogP contribution in [-0.4, -0.2) is 23.6 Å². The molecule has 0 unspecified atom stereocenters. The van der Waals surface area contributed by atoms with Crippen molar-refractivity contribution < 1.29 is 9.59 Å². The molecule has 2 rings (SSSR count). The number of rotatable bonds is 2. The number of hydrogen-bond donors (Lipinski definition) is 0. The third kappa shape index (κ3) is 1.75. The van der Waals surface area contributed by atoms with E-state index in [1.54, 1.807) is 36.0 Å². The summed E-state index contributed by atoms with van der Waals surface area (Å²) in [5.41, 5.74) is 1.66. The summed E-state index contributed by atoms with van der Waals surface area (Å²) in [4.78, 5) is 23.6. The van der Waals surface area contributed by atoms with Crippen molar-refractivity contribution in [3.05, 3.63) is 47.0 Å². The Hall–Kier alpha value is -1.35. The first-order valence-corrected chi connectivity index (χ1v) is 6.01. The van der Waals surface area contributed by atoms with E-state index in [1.165, 1.54) is 6.08 Å². The Kier molecular flexibility index (Phi) is 2.73. The highest BCUT2D eigenvalue weighted by Gasteiger charge is 2.24. The summed E-state index contributed by atoms with van der Waals surface area (Å²) < 4.78 is 0. The number of fused-ring (bicyclic) bond motifs is 1. The predicted octanol–water partition coefficient (Wildman–Crippen LogP) is 2.36. The summed E-state index contributed by atoms with van der Waals surface area (Å²) >= 11 is 1.55. The van der Waals surface area contributed by atoms with E-state index in [1.807, 2.05) is 6.26 Å². The fraction of sp³-hybridized carbons (Fsp3) is 0.167. The molecule has 1 aromatic rings. The van der Waals surface area contributed by atoms with Crippen LogP contribution in [-0.2, 0) is 0 Å². The lowest BCUT2D eigenvalue weighted by Gasteiger charge is -2.13. The van der Waals surface area contributed by atoms with Crippen molar-refractivity contribution in [2.24, 2.45) is 0 Å². The van der Waals surface area contributed by atoms with Gasteiger partial charge in [0.15, 0.2) is 11.6 Å². The van der Waals surface area contributed by atoms with Crippen LogP contribution in [0.5, 0.6) is 0 Å². The molecule has 0 radical (unpaired) electrons. The van der Waals surface area contributed by atoms with Gasteiger partial charge >= 0.3 is 0 Å². The first-order chi connectivity index (χ1) is 7.24. The molecular weight excluding hydrogens is 208 g/mol. The topological polar surface area (TPSA) is 34.1 Å². The highest BCUT2D eigenvalue weighted by molar-refractivity contribution is 7.98. The molecule has 0 bridgehead atoms. The number of carbonyl (C=O) groups excluding carboxylic acids is 2. The van der Waals surface area contributed by atoms with E-state index >= 15 is 0 Å². The van der Waals surface area contributed by atoms with E-state index < -0.39 is 0 Å². The van der Waals surface area contributed by atoms with Crippen molar-refractivity contribution >= 4 is 23.3 Å². The Morgan fingerprint density at radius 2 is 1.80 bits per heavy atom. The smallest absolute Gasteiger partial charge is 0.190 e. The summed E-state index contributed by atoms with van der Waals surface area (Å²) in [5, 5.41) is 0. The molecule has 76 valence electrons. The highest BCUT2D eigenvalue weighted by Crippen LogP contribution is 2.22. The Morgan fingerprint density at radius 3 is 2.47 bits per heavy atom. The molecular formula is C12H10O2S. The second-order valence-electron chi connectivity index (χ2n) is 3.34. The first-order valence-electron chi connectivity index (χ1n) is 4.61. The molecule has 0 atom stereocenters. The molecule has 2 nitrogen and oxygen atoms in total. The molecule has 0 aliphatic heterocycles. The normalized spacial score (nSPS) is 14.9. The SMILES string of the molecule is CSCC1=CC(=O)c2ccccc2C1=O. The van der Waals surface area contributed by atoms with Crippen LogP contribution in [0.15, 0.2) is 35.9 Å². The number of thioether (sulfide) groups is 1. The second-order valence-corrected chi connectivity index (χ2v) is 4.21. The van der Waals surface area contributed by atoms with Crippen LogP contribution in [0.3, 0.4) is 0 Å². The molecule has 3 heteroatoms. The van der Waals surface area contributed by atoms with Gasteiger partial charge in [0.25, 0.3) is 0 Å². The maximum atomic E-state index is 11.9. The summed E-state index contributed by atoms with van der Waals surface area (Å²) in [6.45, 7) is 0. The van der Waals surface area contributed by atoms with Gasteiger partial charge in [0, 0.05) is 22.5 Å². The number of benzene rings is 1. The molecule has 0 N–H and O–H groups in total. The summed E-state index contributed by atoms with van der Waals surface area (Å²) in [7, 11) is 0. The standard InChI is InChI=1S/C12H10O2S/c1-15-7-8-6-11(13)9-4-2-3-5-10(9)12(8)14/h2-6H,7H2,1H3. The lowest BCUT2D eigenvalue weighted by atomic mass is 9.90. The van der Waals surface area contributed by atoms with Gasteiger partial charge in [-0.2, -0.15) is 11.8 Å². The molecule has 0 amide bonds. The quantitative estimate of drug-likeness (QED) is 0.764. The van der Waals surface area contributed by atoms with Crippen LogP contribution in [0.1, 0.15) is 20.7 Å². The van der Waals surface area contributed by atoms with Gasteiger partial charge in [0.05, 0.1) is 0 Å². The minimum Gasteiger partial charge on any atom is -0.289 e. The van der Waals surface area contributed by atoms with Crippen LogP contribution in [0.25, 0.3) is 0 Å². The van der Waals surface area contributed by atoms with Crippen LogP contribution in [0.2, 0.25) is 0 Å². The third-order valence-electron chi connectivity index (χ3n) is 2.33. The number of carbonyl (C=O) groups is 2. The fourth-order valence-electron chi connectivity index (χ4n) is 1.63. The third-order valence-corrected chi connectivity index (χ3v) is 2.93. The zero-order valence-corrected chi connectivity index (χ0v) is 9.14. The van der Waals surface area contributed by atoms with Crippen LogP contribution in [0, 0.1) is 0 Å². The number of Topliss-reactive ketones (excluding diaryl/α,β-unsaturated/α-hetero) is 1. The van der Waals surface area contributed by atoms with Gasteiger partial charge in [0.1, 0.15) is 0 Å². The van der Waals surface area contributed by atoms with E-state index in [4.69, 9.17) is 0 Å². The maximum absolute atomic E-state index is 11.9. The minimum absolute atomic E-state index is 0.0143. The van der Waals surface area contributed by atoms with E-state index in [9.17, 15) is 9.59 Å². The molecule has 0 fully saturated rings. The Morgan fingerprint density at radius 1 is 1.13 bits per heavy atom. The highest BCUT2D eigenvalue weighted by atomic mass is 32.2. The van der Waals surface area contributed by atoms with Gasteiger partial charge in [-0.25, -0.2) is 0 Å². The van der Waals surface area contributed by atoms with Gasteiger partial charge in [0.2, 0.25) is 0 Å². The van der Waals surface area contributed by atoms with Crippen molar-refractivity contribution in [3.63, 3.8) is 0 Å². The molecule has 0 spiro atoms. The molecule has 1 aromatic carbocycles. The molecule has 0 heterocycles. The Labute approximate surface area is 92.4 Å². The fourth-order valence-corrected chi connectivity index (χ4v) is 2.16. The summed E-state index contributed by atoms with van der Waals surface area (Å²) in [5.74, 6) is 0.521. The summed E-state index contributed by atoms with van der Waals surface area (Å²) in [6, 6.07) is 6.97. The van der Waals surface area contributed by atoms with Gasteiger partial charge in [-0.3, -0.25) is 9.59 Å². The predicted molar refractivity (Wildman–Crippen MR) is 61.6 cm³/mol. The molecule has 15 heavy (non-hydrogen) atoms. The van der Waals surface area contributed by atoms with Gasteiger partial charge in [-0.1, -0.05) is 24.3 Å². The lowest BCUT2D eigenvalue weighted by Crippen LogP contribution is -2.17. The van der Waals surface area contributed by atoms with Crippen LogP contribution >= 0.6 is 11.8 Å². The molecule has 1 aliphatic carbocycles. The zero-order chi connectivity index (χ0) is 10.8.